The van der Waals surface area contributed by atoms with Crippen LogP contribution in [0.25, 0.3) is 20.4 Å². The van der Waals surface area contributed by atoms with Crippen molar-refractivity contribution < 1.29 is 4.79 Å². The van der Waals surface area contributed by atoms with Crippen molar-refractivity contribution in [3.63, 3.8) is 0 Å². The predicted molar refractivity (Wildman–Crippen MR) is 119 cm³/mol. The Morgan fingerprint density at radius 2 is 1.97 bits per heavy atom. The number of para-hydroxylation sites is 1. The topological polar surface area (TPSA) is 59.0 Å². The zero-order valence-corrected chi connectivity index (χ0v) is 17.3. The lowest BCUT2D eigenvalue weighted by atomic mass is 10.2. The summed E-state index contributed by atoms with van der Waals surface area (Å²) < 4.78 is 1.91. The molecule has 0 atom stereocenters. The Morgan fingerprint density at radius 3 is 2.79 bits per heavy atom. The van der Waals surface area contributed by atoms with E-state index in [0.29, 0.717) is 27.8 Å². The Labute approximate surface area is 179 Å². The van der Waals surface area contributed by atoms with Crippen LogP contribution in [0.2, 0.25) is 5.02 Å². The van der Waals surface area contributed by atoms with Crippen molar-refractivity contribution in [2.45, 2.75) is 6.54 Å². The van der Waals surface area contributed by atoms with Crippen LogP contribution in [0.1, 0.15) is 16.1 Å². The summed E-state index contributed by atoms with van der Waals surface area (Å²) in [5, 5.41) is 1.16. The number of aromatic nitrogens is 3. The lowest BCUT2D eigenvalue weighted by molar-refractivity contribution is 0.0985. The molecule has 3 aromatic heterocycles. The lowest BCUT2D eigenvalue weighted by Crippen LogP contribution is -2.30. The molecule has 0 N–H and O–H groups in total. The van der Waals surface area contributed by atoms with Crippen LogP contribution < -0.4 is 4.90 Å². The first-order valence-electron chi connectivity index (χ1n) is 8.79. The van der Waals surface area contributed by atoms with Crippen molar-refractivity contribution in [1.82, 2.24) is 15.0 Å². The van der Waals surface area contributed by atoms with Crippen LogP contribution in [0.5, 0.6) is 0 Å². The highest BCUT2D eigenvalue weighted by molar-refractivity contribution is 7.22. The molecule has 5 nitrogen and oxygen atoms in total. The number of benzene rings is 2. The van der Waals surface area contributed by atoms with Crippen LogP contribution in [0, 0.1) is 0 Å². The van der Waals surface area contributed by atoms with E-state index in [-0.39, 0.29) is 5.91 Å². The number of pyridine rings is 1. The van der Waals surface area contributed by atoms with Crippen molar-refractivity contribution >= 4 is 65.7 Å². The molecule has 0 saturated carbocycles. The molecule has 0 aliphatic carbocycles. The standard InChI is InChI=1S/C21H13ClN4OS2/c22-15-5-3-6-17-19(15)25-21(29-17)26(11-14-4-1-2-9-23-14)20(27)13-7-8-16-18(10-13)28-12-24-16/h1-10,12H,11H2. The summed E-state index contributed by atoms with van der Waals surface area (Å²) in [6.07, 6.45) is 1.72. The third-order valence-corrected chi connectivity index (χ3v) is 6.60. The number of halogens is 1. The molecule has 5 aromatic rings. The van der Waals surface area contributed by atoms with Gasteiger partial charge in [0.2, 0.25) is 0 Å². The Hall–Kier alpha value is -2.87. The molecule has 0 radical (unpaired) electrons. The molecule has 0 aliphatic rings. The average molecular weight is 437 g/mol. The summed E-state index contributed by atoms with van der Waals surface area (Å²) in [5.41, 5.74) is 4.73. The zero-order valence-electron chi connectivity index (χ0n) is 14.9. The highest BCUT2D eigenvalue weighted by atomic mass is 35.5. The number of hydrogen-bond acceptors (Lipinski definition) is 6. The normalized spacial score (nSPS) is 11.2. The number of thiazole rings is 2. The van der Waals surface area contributed by atoms with Gasteiger partial charge in [0.1, 0.15) is 5.52 Å². The second kappa shape index (κ2) is 7.51. The molecule has 142 valence electrons. The third-order valence-electron chi connectivity index (χ3n) is 4.46. The van der Waals surface area contributed by atoms with Crippen molar-refractivity contribution in [1.29, 1.82) is 0 Å². The summed E-state index contributed by atoms with van der Waals surface area (Å²) in [6, 6.07) is 16.8. The number of anilines is 1. The Balaban J connectivity index is 1.60. The molecule has 1 amide bonds. The summed E-state index contributed by atoms with van der Waals surface area (Å²) in [6.45, 7) is 0.317. The summed E-state index contributed by atoms with van der Waals surface area (Å²) >= 11 is 9.26. The van der Waals surface area contributed by atoms with Gasteiger partial charge in [0.05, 0.1) is 37.7 Å². The maximum Gasteiger partial charge on any atom is 0.260 e. The fraction of sp³-hybridized carbons (Fsp3) is 0.0476. The molecule has 0 saturated heterocycles. The first-order chi connectivity index (χ1) is 14.2. The molecule has 0 bridgehead atoms. The minimum Gasteiger partial charge on any atom is -0.278 e. The number of hydrogen-bond donors (Lipinski definition) is 0. The van der Waals surface area contributed by atoms with Crippen LogP contribution in [-0.2, 0) is 6.54 Å². The lowest BCUT2D eigenvalue weighted by Gasteiger charge is -2.19. The molecule has 2 aromatic carbocycles. The Bertz CT molecular complexity index is 1330. The minimum absolute atomic E-state index is 0.138. The van der Waals surface area contributed by atoms with Crippen LogP contribution in [-0.4, -0.2) is 20.9 Å². The smallest absolute Gasteiger partial charge is 0.260 e. The van der Waals surface area contributed by atoms with Gasteiger partial charge >= 0.3 is 0 Å². The van der Waals surface area contributed by atoms with Crippen LogP contribution in [0.4, 0.5) is 5.13 Å². The maximum atomic E-state index is 13.5. The number of fused-ring (bicyclic) bond motifs is 2. The van der Waals surface area contributed by atoms with E-state index in [9.17, 15) is 4.79 Å². The van der Waals surface area contributed by atoms with Gasteiger partial charge in [0, 0.05) is 11.8 Å². The van der Waals surface area contributed by atoms with Gasteiger partial charge in [-0.05, 0) is 42.5 Å². The highest BCUT2D eigenvalue weighted by Crippen LogP contribution is 2.34. The summed E-state index contributed by atoms with van der Waals surface area (Å²) in [4.78, 5) is 28.5. The molecule has 29 heavy (non-hydrogen) atoms. The quantitative estimate of drug-likeness (QED) is 0.357. The van der Waals surface area contributed by atoms with Crippen molar-refractivity contribution in [3.8, 4) is 0 Å². The zero-order chi connectivity index (χ0) is 19.8. The van der Waals surface area contributed by atoms with E-state index in [0.717, 1.165) is 20.6 Å². The second-order valence-corrected chi connectivity index (χ2v) is 8.63. The van der Waals surface area contributed by atoms with Crippen molar-refractivity contribution in [2.75, 3.05) is 4.90 Å². The van der Waals surface area contributed by atoms with Crippen LogP contribution in [0.15, 0.2) is 66.3 Å². The van der Waals surface area contributed by atoms with E-state index in [4.69, 9.17) is 11.6 Å². The monoisotopic (exact) mass is 436 g/mol. The van der Waals surface area contributed by atoms with Gasteiger partial charge in [-0.15, -0.1) is 11.3 Å². The largest absolute Gasteiger partial charge is 0.278 e. The first-order valence-corrected chi connectivity index (χ1v) is 10.9. The Morgan fingerprint density at radius 1 is 1.03 bits per heavy atom. The summed E-state index contributed by atoms with van der Waals surface area (Å²) in [5.74, 6) is -0.138. The van der Waals surface area contributed by atoms with Crippen molar-refractivity contribution in [3.05, 3.63) is 82.6 Å². The molecule has 5 rings (SSSR count). The first kappa shape index (κ1) is 18.2. The van der Waals surface area contributed by atoms with Gasteiger partial charge in [0.15, 0.2) is 5.13 Å². The van der Waals surface area contributed by atoms with Gasteiger partial charge in [-0.2, -0.15) is 0 Å². The van der Waals surface area contributed by atoms with E-state index in [1.54, 1.807) is 28.7 Å². The third kappa shape index (κ3) is 3.48. The van der Waals surface area contributed by atoms with Gasteiger partial charge in [0.25, 0.3) is 5.91 Å². The molecular formula is C21H13ClN4OS2. The van der Waals surface area contributed by atoms with E-state index in [2.05, 4.69) is 15.0 Å². The van der Waals surface area contributed by atoms with Crippen molar-refractivity contribution in [2.24, 2.45) is 0 Å². The van der Waals surface area contributed by atoms with Gasteiger partial charge in [-0.3, -0.25) is 14.7 Å². The molecule has 0 unspecified atom stereocenters. The fourth-order valence-electron chi connectivity index (χ4n) is 3.04. The van der Waals surface area contributed by atoms with Crippen LogP contribution in [0.3, 0.4) is 0 Å². The van der Waals surface area contributed by atoms with Crippen LogP contribution >= 0.6 is 34.3 Å². The number of amides is 1. The SMILES string of the molecule is O=C(c1ccc2ncsc2c1)N(Cc1ccccn1)c1nc2c(Cl)cccc2s1. The maximum absolute atomic E-state index is 13.5. The van der Waals surface area contributed by atoms with E-state index < -0.39 is 0 Å². The molecule has 3 heterocycles. The average Bonchev–Trinajstić information content (AvgIpc) is 3.39. The molecule has 8 heteroatoms. The van der Waals surface area contributed by atoms with Gasteiger partial charge in [-0.25, -0.2) is 9.97 Å². The summed E-state index contributed by atoms with van der Waals surface area (Å²) in [7, 11) is 0. The molecule has 0 fully saturated rings. The number of nitrogens with zero attached hydrogens (tertiary/aromatic N) is 4. The van der Waals surface area contributed by atoms with E-state index in [1.807, 2.05) is 42.5 Å². The van der Waals surface area contributed by atoms with Gasteiger partial charge < -0.3 is 0 Å². The fourth-order valence-corrected chi connectivity index (χ4v) is 5.02. The number of carbonyl (C=O) groups excluding carboxylic acids is 1. The molecular weight excluding hydrogens is 424 g/mol. The van der Waals surface area contributed by atoms with E-state index >= 15 is 0 Å². The minimum atomic E-state index is -0.138. The molecule has 0 aliphatic heterocycles. The number of rotatable bonds is 4. The Kier molecular flexibility index (Phi) is 4.71. The predicted octanol–water partition coefficient (Wildman–Crippen LogP) is 5.80. The highest BCUT2D eigenvalue weighted by Gasteiger charge is 2.23. The van der Waals surface area contributed by atoms with Gasteiger partial charge in [-0.1, -0.05) is 35.1 Å². The second-order valence-electron chi connectivity index (χ2n) is 6.33. The molecule has 0 spiro atoms. The van der Waals surface area contributed by atoms with E-state index in [1.165, 1.54) is 22.7 Å². The number of carbonyl (C=O) groups is 1.